The topological polar surface area (TPSA) is 223 Å². The van der Waals surface area contributed by atoms with Crippen LogP contribution >= 0.6 is 0 Å². The van der Waals surface area contributed by atoms with Crippen LogP contribution in [0.5, 0.6) is 5.75 Å². The lowest BCUT2D eigenvalue weighted by Crippen LogP contribution is -2.65. The van der Waals surface area contributed by atoms with E-state index in [1.807, 2.05) is 0 Å². The number of nitrogens with two attached hydrogens (primary N) is 1. The Labute approximate surface area is 270 Å². The number of benzene rings is 2. The highest BCUT2D eigenvalue weighted by atomic mass is 16.3. The van der Waals surface area contributed by atoms with Crippen molar-refractivity contribution in [2.24, 2.45) is 17.6 Å². The smallest absolute Gasteiger partial charge is 0.319 e. The lowest BCUT2D eigenvalue weighted by atomic mass is 9.57. The highest BCUT2D eigenvalue weighted by molar-refractivity contribution is 6.24. The van der Waals surface area contributed by atoms with Gasteiger partial charge in [0.2, 0.25) is 5.78 Å². The monoisotopic (exact) mass is 647 g/mol. The van der Waals surface area contributed by atoms with Gasteiger partial charge in [-0.15, -0.1) is 0 Å². The predicted octanol–water partition coefficient (Wildman–Crippen LogP) is 1.55. The van der Waals surface area contributed by atoms with Crippen molar-refractivity contribution in [2.75, 3.05) is 38.4 Å². The van der Waals surface area contributed by atoms with Crippen molar-refractivity contribution in [3.63, 3.8) is 0 Å². The number of nitrogens with one attached hydrogen (secondary N) is 2. The fourth-order valence-electron chi connectivity index (χ4n) is 7.02. The Morgan fingerprint density at radius 2 is 1.68 bits per heavy atom. The van der Waals surface area contributed by atoms with E-state index in [1.165, 1.54) is 25.9 Å². The van der Waals surface area contributed by atoms with Gasteiger partial charge in [-0.25, -0.2) is 4.79 Å². The second-order valence-electron chi connectivity index (χ2n) is 12.6. The number of aliphatic hydroxyl groups excluding tert-OH is 2. The summed E-state index contributed by atoms with van der Waals surface area (Å²) in [6.07, 6.45) is 0.0936. The van der Waals surface area contributed by atoms with E-state index in [4.69, 9.17) is 5.73 Å². The first-order chi connectivity index (χ1) is 22.0. The number of ketones is 3. The summed E-state index contributed by atoms with van der Waals surface area (Å²) in [5.74, 6) is -7.47. The average Bonchev–Trinajstić information content (AvgIpc) is 2.98. The molecule has 3 amide bonds. The van der Waals surface area contributed by atoms with E-state index in [0.29, 0.717) is 22.5 Å². The van der Waals surface area contributed by atoms with Gasteiger partial charge in [0, 0.05) is 54.6 Å². The van der Waals surface area contributed by atoms with Crippen molar-refractivity contribution >= 4 is 46.4 Å². The van der Waals surface area contributed by atoms with E-state index in [2.05, 4.69) is 10.6 Å². The zero-order valence-corrected chi connectivity index (χ0v) is 26.5. The quantitative estimate of drug-likeness (QED) is 0.169. The van der Waals surface area contributed by atoms with E-state index in [-0.39, 0.29) is 41.9 Å². The minimum absolute atomic E-state index is 0.0315. The molecule has 14 heteroatoms. The maximum Gasteiger partial charge on any atom is 0.319 e. The molecule has 3 aliphatic carbocycles. The Morgan fingerprint density at radius 3 is 2.23 bits per heavy atom. The fourth-order valence-corrected chi connectivity index (χ4v) is 7.02. The van der Waals surface area contributed by atoms with Gasteiger partial charge in [0.1, 0.15) is 22.8 Å². The van der Waals surface area contributed by atoms with Gasteiger partial charge in [-0.05, 0) is 75.7 Å². The number of urea groups is 1. The largest absolute Gasteiger partial charge is 0.508 e. The Kier molecular flexibility index (Phi) is 8.37. The van der Waals surface area contributed by atoms with Crippen LogP contribution in [0.15, 0.2) is 47.2 Å². The third-order valence-electron chi connectivity index (χ3n) is 9.25. The molecule has 0 radical (unpaired) electrons. The van der Waals surface area contributed by atoms with Crippen molar-refractivity contribution in [1.29, 1.82) is 0 Å². The van der Waals surface area contributed by atoms with Crippen LogP contribution in [0.25, 0.3) is 5.76 Å². The number of fused-ring (bicyclic) bond motifs is 3. The molecule has 0 aliphatic heterocycles. The number of anilines is 2. The zero-order valence-electron chi connectivity index (χ0n) is 26.5. The van der Waals surface area contributed by atoms with Crippen molar-refractivity contribution in [3.05, 3.63) is 69.5 Å². The molecule has 0 bridgehead atoms. The molecular weight excluding hydrogens is 610 g/mol. The van der Waals surface area contributed by atoms with Gasteiger partial charge >= 0.3 is 6.03 Å². The maximum absolute atomic E-state index is 14.1. The van der Waals surface area contributed by atoms with Crippen LogP contribution in [-0.2, 0) is 27.3 Å². The Morgan fingerprint density at radius 1 is 1.04 bits per heavy atom. The summed E-state index contributed by atoms with van der Waals surface area (Å²) in [6.45, 7) is 1.24. The van der Waals surface area contributed by atoms with Gasteiger partial charge in [-0.2, -0.15) is 0 Å². The lowest BCUT2D eigenvalue weighted by molar-refractivity contribution is -0.153. The Balaban J connectivity index is 1.54. The number of likely N-dealkylation sites (N-methyl/N-ethyl adjacent to an activating group) is 1. The standard InChI is InChI=1S/C33H37N5O9/c1-14(39)15-6-8-18(9-7-15)36-32(46)35-13-17-12-21(37(2)3)19-10-16-11-20-25(38(4)5)28(42)24(31(34)45)30(44)33(20,47)29(43)22(16)27(41)23(19)26(17)40/h6-9,12,16,20,25,40-41,44,47H,10-11,13H2,1-5H3,(H2,34,45)(H2,35,36,46)/t16-,20-,25-,33-/m1/s1. The summed E-state index contributed by atoms with van der Waals surface area (Å²) in [7, 11) is 6.57. The molecule has 0 spiro atoms. The van der Waals surface area contributed by atoms with E-state index in [9.17, 15) is 44.4 Å². The maximum atomic E-state index is 14.1. The number of carbonyl (C=O) groups is 5. The molecule has 47 heavy (non-hydrogen) atoms. The van der Waals surface area contributed by atoms with Crippen molar-refractivity contribution in [1.82, 2.24) is 10.2 Å². The van der Waals surface area contributed by atoms with Crippen LogP contribution in [0, 0.1) is 11.8 Å². The summed E-state index contributed by atoms with van der Waals surface area (Å²) in [4.78, 5) is 67.0. The number of rotatable bonds is 7. The number of aliphatic hydroxyl groups is 3. The third kappa shape index (κ3) is 5.28. The van der Waals surface area contributed by atoms with E-state index >= 15 is 0 Å². The predicted molar refractivity (Wildman–Crippen MR) is 171 cm³/mol. The third-order valence-corrected chi connectivity index (χ3v) is 9.25. The zero-order chi connectivity index (χ0) is 34.7. The molecule has 0 saturated heterocycles. The molecule has 1 fully saturated rings. The first-order valence-electron chi connectivity index (χ1n) is 14.9. The minimum atomic E-state index is -2.75. The molecular formula is C33H37N5O9. The van der Waals surface area contributed by atoms with Crippen molar-refractivity contribution in [3.8, 4) is 5.75 Å². The number of aromatic hydroxyl groups is 1. The van der Waals surface area contributed by atoms with Crippen LogP contribution in [0.1, 0.15) is 40.4 Å². The molecule has 2 aromatic rings. The number of hydrogen-bond donors (Lipinski definition) is 7. The molecule has 8 N–H and O–H groups in total. The fraction of sp³-hybridized carbons (Fsp3) is 0.364. The van der Waals surface area contributed by atoms with Gasteiger partial charge in [-0.3, -0.25) is 24.1 Å². The van der Waals surface area contributed by atoms with E-state index in [1.54, 1.807) is 49.3 Å². The van der Waals surface area contributed by atoms with Crippen LogP contribution in [0.3, 0.4) is 0 Å². The molecule has 1 saturated carbocycles. The summed E-state index contributed by atoms with van der Waals surface area (Å²) in [5.41, 5.74) is 3.60. The molecule has 0 aromatic heterocycles. The van der Waals surface area contributed by atoms with Crippen LogP contribution in [-0.4, -0.2) is 94.4 Å². The molecule has 248 valence electrons. The first-order valence-corrected chi connectivity index (χ1v) is 14.9. The van der Waals surface area contributed by atoms with Crippen LogP contribution in [0.4, 0.5) is 16.2 Å². The lowest BCUT2D eigenvalue weighted by Gasteiger charge is -2.50. The van der Waals surface area contributed by atoms with Gasteiger partial charge in [0.25, 0.3) is 5.91 Å². The SMILES string of the molecule is CC(=O)c1ccc(NC(=O)NCc2cc(N(C)C)c3c(c2O)C(O)=C2C(=O)[C@@]4(O)C(O)=C(C(N)=O)C(=O)[C@H](N(C)C)[C@H]4C[C@H]2C3)cc1. The molecule has 5 rings (SSSR count). The van der Waals surface area contributed by atoms with Crippen LogP contribution < -0.4 is 21.3 Å². The second-order valence-corrected chi connectivity index (χ2v) is 12.6. The van der Waals surface area contributed by atoms with Crippen LogP contribution in [0.2, 0.25) is 0 Å². The van der Waals surface area contributed by atoms with Gasteiger partial charge < -0.3 is 41.7 Å². The van der Waals surface area contributed by atoms with Gasteiger partial charge in [-0.1, -0.05) is 0 Å². The molecule has 14 nitrogen and oxygen atoms in total. The molecule has 3 aliphatic rings. The minimum Gasteiger partial charge on any atom is -0.508 e. The number of phenolic OH excluding ortho intramolecular Hbond substituents is 1. The molecule has 0 heterocycles. The highest BCUT2D eigenvalue weighted by Gasteiger charge is 2.64. The number of amides is 3. The van der Waals surface area contributed by atoms with Crippen molar-refractivity contribution < 1.29 is 44.4 Å². The molecule has 0 unspecified atom stereocenters. The number of Topliss-reactive ketones (excluding diaryl/α,β-unsaturated/α-hetero) is 3. The Hall–Kier alpha value is -5.21. The summed E-state index contributed by atoms with van der Waals surface area (Å²) >= 11 is 0. The molecule has 4 atom stereocenters. The van der Waals surface area contributed by atoms with E-state index < -0.39 is 69.8 Å². The summed E-state index contributed by atoms with van der Waals surface area (Å²) in [6, 6.07) is 6.13. The normalized spacial score (nSPS) is 23.6. The first kappa shape index (κ1) is 33.2. The average molecular weight is 648 g/mol. The van der Waals surface area contributed by atoms with Crippen molar-refractivity contribution in [2.45, 2.75) is 38.0 Å². The molecule has 2 aromatic carbocycles. The Bertz CT molecular complexity index is 1790. The second kappa shape index (κ2) is 11.9. The highest BCUT2D eigenvalue weighted by Crippen LogP contribution is 2.54. The number of nitrogens with zero attached hydrogens (tertiary/aromatic N) is 2. The number of primary amides is 1. The number of hydrogen-bond acceptors (Lipinski definition) is 11. The van der Waals surface area contributed by atoms with Gasteiger partial charge in [0.15, 0.2) is 17.2 Å². The van der Waals surface area contributed by atoms with E-state index in [0.717, 1.165) is 0 Å². The number of phenols is 1. The number of carbonyl (C=O) groups excluding carboxylic acids is 5. The summed E-state index contributed by atoms with van der Waals surface area (Å²) in [5, 5.41) is 51.2. The van der Waals surface area contributed by atoms with Gasteiger partial charge in [0.05, 0.1) is 11.6 Å². The summed E-state index contributed by atoms with van der Waals surface area (Å²) < 4.78 is 0.